The summed E-state index contributed by atoms with van der Waals surface area (Å²) in [5.74, 6) is 0.807. The van der Waals surface area contributed by atoms with Crippen molar-refractivity contribution in [1.82, 2.24) is 10.2 Å². The third kappa shape index (κ3) is 2.62. The molecule has 0 aliphatic rings. The van der Waals surface area contributed by atoms with Gasteiger partial charge in [-0.05, 0) is 31.2 Å². The minimum Gasteiger partial charge on any atom is -0.491 e. The summed E-state index contributed by atoms with van der Waals surface area (Å²) < 4.78 is 10.4. The monoisotopic (exact) mass is 247 g/mol. The maximum Gasteiger partial charge on any atom is 0.119 e. The quantitative estimate of drug-likeness (QED) is 0.792. The average molecular weight is 247 g/mol. The number of anilines is 1. The van der Waals surface area contributed by atoms with Crippen LogP contribution in [0.5, 0.6) is 5.75 Å². The number of benzene rings is 1. The van der Waals surface area contributed by atoms with E-state index in [-0.39, 0.29) is 0 Å². The summed E-state index contributed by atoms with van der Waals surface area (Å²) in [6.07, 6.45) is 0. The Labute approximate surface area is 106 Å². The zero-order chi connectivity index (χ0) is 13.0. The number of nitrogens with one attached hydrogen (secondary N) is 1. The zero-order valence-corrected chi connectivity index (χ0v) is 10.6. The minimum atomic E-state index is 0.541. The van der Waals surface area contributed by atoms with Gasteiger partial charge in [0.15, 0.2) is 0 Å². The van der Waals surface area contributed by atoms with Crippen LogP contribution in [0.1, 0.15) is 5.69 Å². The fourth-order valence-corrected chi connectivity index (χ4v) is 1.61. The first-order chi connectivity index (χ1) is 8.72. The van der Waals surface area contributed by atoms with E-state index in [2.05, 4.69) is 10.2 Å². The predicted octanol–water partition coefficient (Wildman–Crippen LogP) is 1.99. The second kappa shape index (κ2) is 5.55. The molecule has 18 heavy (non-hydrogen) atoms. The number of aromatic nitrogens is 2. The number of methoxy groups -OCH3 is 1. The minimum absolute atomic E-state index is 0.541. The van der Waals surface area contributed by atoms with E-state index in [4.69, 9.17) is 15.2 Å². The molecule has 0 bridgehead atoms. The first kappa shape index (κ1) is 12.4. The number of nitrogen functional groups attached to an aromatic ring is 1. The molecule has 5 nitrogen and oxygen atoms in total. The van der Waals surface area contributed by atoms with Gasteiger partial charge in [0.05, 0.1) is 18.0 Å². The molecule has 0 fully saturated rings. The van der Waals surface area contributed by atoms with E-state index >= 15 is 0 Å². The lowest BCUT2D eigenvalue weighted by molar-refractivity contribution is 0.146. The zero-order valence-electron chi connectivity index (χ0n) is 10.6. The highest BCUT2D eigenvalue weighted by Gasteiger charge is 2.08. The van der Waals surface area contributed by atoms with Crippen molar-refractivity contribution in [3.8, 4) is 17.0 Å². The summed E-state index contributed by atoms with van der Waals surface area (Å²) in [4.78, 5) is 0. The summed E-state index contributed by atoms with van der Waals surface area (Å²) in [5.41, 5.74) is 9.24. The van der Waals surface area contributed by atoms with Gasteiger partial charge in [-0.2, -0.15) is 5.10 Å². The molecule has 0 radical (unpaired) electrons. The lowest BCUT2D eigenvalue weighted by Crippen LogP contribution is -2.03. The molecular formula is C13H17N3O2. The molecule has 2 aromatic rings. The Morgan fingerprint density at radius 1 is 1.22 bits per heavy atom. The van der Waals surface area contributed by atoms with Crippen LogP contribution >= 0.6 is 0 Å². The van der Waals surface area contributed by atoms with Gasteiger partial charge < -0.3 is 15.2 Å². The number of aromatic amines is 1. The SMILES string of the molecule is COCCOc1ccc(-c2n[nH]c(C)c2N)cc1. The molecule has 0 atom stereocenters. The summed E-state index contributed by atoms with van der Waals surface area (Å²) in [6, 6.07) is 7.67. The lowest BCUT2D eigenvalue weighted by Gasteiger charge is -2.06. The maximum absolute atomic E-state index is 5.93. The van der Waals surface area contributed by atoms with Crippen molar-refractivity contribution in [1.29, 1.82) is 0 Å². The van der Waals surface area contributed by atoms with Gasteiger partial charge in [0.25, 0.3) is 0 Å². The number of hydrogen-bond donors (Lipinski definition) is 2. The third-order valence-electron chi connectivity index (χ3n) is 2.68. The predicted molar refractivity (Wildman–Crippen MR) is 70.5 cm³/mol. The molecule has 3 N–H and O–H groups in total. The van der Waals surface area contributed by atoms with Crippen molar-refractivity contribution in [2.75, 3.05) is 26.1 Å². The van der Waals surface area contributed by atoms with E-state index in [1.165, 1.54) is 0 Å². The highest BCUT2D eigenvalue weighted by Crippen LogP contribution is 2.27. The number of hydrogen-bond acceptors (Lipinski definition) is 4. The normalized spacial score (nSPS) is 10.6. The lowest BCUT2D eigenvalue weighted by atomic mass is 10.1. The van der Waals surface area contributed by atoms with Gasteiger partial charge >= 0.3 is 0 Å². The third-order valence-corrected chi connectivity index (χ3v) is 2.68. The molecule has 2 rings (SSSR count). The number of nitrogens with zero attached hydrogens (tertiary/aromatic N) is 1. The Hall–Kier alpha value is -2.01. The summed E-state index contributed by atoms with van der Waals surface area (Å²) in [6.45, 7) is 3.01. The molecule has 0 unspecified atom stereocenters. The Morgan fingerprint density at radius 2 is 1.94 bits per heavy atom. The van der Waals surface area contributed by atoms with Gasteiger partial charge in [0, 0.05) is 12.7 Å². The van der Waals surface area contributed by atoms with E-state index in [0.717, 1.165) is 22.7 Å². The molecule has 0 saturated carbocycles. The van der Waals surface area contributed by atoms with Crippen molar-refractivity contribution in [3.63, 3.8) is 0 Å². The van der Waals surface area contributed by atoms with Crippen LogP contribution in [0, 0.1) is 6.92 Å². The molecule has 0 aliphatic carbocycles. The Bertz CT molecular complexity index is 505. The van der Waals surface area contributed by atoms with Crippen LogP contribution < -0.4 is 10.5 Å². The Balaban J connectivity index is 2.10. The van der Waals surface area contributed by atoms with Crippen LogP contribution in [-0.2, 0) is 4.74 Å². The highest BCUT2D eigenvalue weighted by molar-refractivity contribution is 5.74. The van der Waals surface area contributed by atoms with Crippen molar-refractivity contribution in [2.45, 2.75) is 6.92 Å². The molecule has 0 aliphatic heterocycles. The molecule has 1 aromatic carbocycles. The van der Waals surface area contributed by atoms with Crippen LogP contribution in [0.25, 0.3) is 11.3 Å². The van der Waals surface area contributed by atoms with Gasteiger partial charge in [-0.15, -0.1) is 0 Å². The fraction of sp³-hybridized carbons (Fsp3) is 0.308. The molecular weight excluding hydrogens is 230 g/mol. The smallest absolute Gasteiger partial charge is 0.119 e. The van der Waals surface area contributed by atoms with Crippen LogP contribution in [0.4, 0.5) is 5.69 Å². The van der Waals surface area contributed by atoms with Crippen LogP contribution in [-0.4, -0.2) is 30.5 Å². The molecule has 0 amide bonds. The highest BCUT2D eigenvalue weighted by atomic mass is 16.5. The molecule has 1 aromatic heterocycles. The molecule has 0 spiro atoms. The first-order valence-electron chi connectivity index (χ1n) is 5.75. The van der Waals surface area contributed by atoms with Gasteiger partial charge in [-0.3, -0.25) is 5.10 Å². The second-order valence-electron chi connectivity index (χ2n) is 3.98. The number of aryl methyl sites for hydroxylation is 1. The first-order valence-corrected chi connectivity index (χ1v) is 5.75. The van der Waals surface area contributed by atoms with Crippen molar-refractivity contribution < 1.29 is 9.47 Å². The topological polar surface area (TPSA) is 73.2 Å². The number of H-pyrrole nitrogens is 1. The van der Waals surface area contributed by atoms with E-state index in [1.807, 2.05) is 31.2 Å². The van der Waals surface area contributed by atoms with Crippen molar-refractivity contribution >= 4 is 5.69 Å². The Morgan fingerprint density at radius 3 is 2.50 bits per heavy atom. The van der Waals surface area contributed by atoms with Gasteiger partial charge in [0.2, 0.25) is 0 Å². The van der Waals surface area contributed by atoms with Gasteiger partial charge in [-0.25, -0.2) is 0 Å². The standard InChI is InChI=1S/C13H17N3O2/c1-9-12(14)13(16-15-9)10-3-5-11(6-4-10)18-8-7-17-2/h3-6H,7-8,14H2,1-2H3,(H,15,16). The summed E-state index contributed by atoms with van der Waals surface area (Å²) >= 11 is 0. The van der Waals surface area contributed by atoms with E-state index < -0.39 is 0 Å². The molecule has 96 valence electrons. The van der Waals surface area contributed by atoms with Gasteiger partial charge in [0.1, 0.15) is 18.1 Å². The van der Waals surface area contributed by atoms with Crippen LogP contribution in [0.2, 0.25) is 0 Å². The summed E-state index contributed by atoms with van der Waals surface area (Å²) in [7, 11) is 1.65. The number of nitrogens with two attached hydrogens (primary N) is 1. The molecule has 5 heteroatoms. The average Bonchev–Trinajstić information content (AvgIpc) is 2.72. The summed E-state index contributed by atoms with van der Waals surface area (Å²) in [5, 5.41) is 7.05. The van der Waals surface area contributed by atoms with E-state index in [0.29, 0.717) is 18.9 Å². The maximum atomic E-state index is 5.93. The van der Waals surface area contributed by atoms with E-state index in [9.17, 15) is 0 Å². The fourth-order valence-electron chi connectivity index (χ4n) is 1.61. The molecule has 1 heterocycles. The van der Waals surface area contributed by atoms with Gasteiger partial charge in [-0.1, -0.05) is 0 Å². The number of rotatable bonds is 5. The van der Waals surface area contributed by atoms with Crippen molar-refractivity contribution in [3.05, 3.63) is 30.0 Å². The number of ether oxygens (including phenoxy) is 2. The van der Waals surface area contributed by atoms with E-state index in [1.54, 1.807) is 7.11 Å². The van der Waals surface area contributed by atoms with Crippen LogP contribution in [0.15, 0.2) is 24.3 Å². The largest absolute Gasteiger partial charge is 0.491 e. The van der Waals surface area contributed by atoms with Crippen molar-refractivity contribution in [2.24, 2.45) is 0 Å². The second-order valence-corrected chi connectivity index (χ2v) is 3.98. The van der Waals surface area contributed by atoms with Crippen LogP contribution in [0.3, 0.4) is 0 Å². The Kier molecular flexibility index (Phi) is 3.84. The molecule has 0 saturated heterocycles.